The van der Waals surface area contributed by atoms with Crippen LogP contribution in [0.4, 0.5) is 17.1 Å². The first-order valence-electron chi connectivity index (χ1n) is 12.0. The van der Waals surface area contributed by atoms with E-state index in [1.54, 1.807) is 12.1 Å². The van der Waals surface area contributed by atoms with Gasteiger partial charge in [-0.3, -0.25) is 0 Å². The summed E-state index contributed by atoms with van der Waals surface area (Å²) in [6, 6.07) is 46.7. The van der Waals surface area contributed by atoms with E-state index in [1.165, 1.54) is 0 Å². The molecule has 0 atom stereocenters. The van der Waals surface area contributed by atoms with Crippen molar-refractivity contribution in [3.63, 3.8) is 0 Å². The lowest BCUT2D eigenvalue weighted by Crippen LogP contribution is -2.09. The van der Waals surface area contributed by atoms with Crippen molar-refractivity contribution < 1.29 is 0 Å². The molecule has 0 radical (unpaired) electrons. The van der Waals surface area contributed by atoms with E-state index in [0.29, 0.717) is 11.1 Å². The maximum Gasteiger partial charge on any atom is 0.0998 e. The number of benzene rings is 5. The lowest BCUT2D eigenvalue weighted by Gasteiger charge is -2.25. The third-order valence-corrected chi connectivity index (χ3v) is 6.15. The molecule has 0 N–H and O–H groups in total. The van der Waals surface area contributed by atoms with Gasteiger partial charge in [0.1, 0.15) is 0 Å². The van der Waals surface area contributed by atoms with E-state index < -0.39 is 0 Å². The second kappa shape index (κ2) is 10.9. The minimum atomic E-state index is 0.532. The largest absolute Gasteiger partial charge is 0.311 e. The van der Waals surface area contributed by atoms with Crippen LogP contribution in [-0.2, 0) is 0 Å². The Kier molecular flexibility index (Phi) is 6.89. The number of para-hydroxylation sites is 2. The van der Waals surface area contributed by atoms with E-state index in [2.05, 4.69) is 65.6 Å². The Bertz CT molecular complexity index is 1570. The monoisotopic (exact) mass is 473 g/mol. The van der Waals surface area contributed by atoms with E-state index in [1.807, 2.05) is 78.9 Å². The number of nitriles is 2. The van der Waals surface area contributed by atoms with E-state index in [-0.39, 0.29) is 0 Å². The normalized spacial score (nSPS) is 10.5. The van der Waals surface area contributed by atoms with Gasteiger partial charge in [-0.25, -0.2) is 0 Å². The first-order chi connectivity index (χ1) is 18.3. The average Bonchev–Trinajstić information content (AvgIpc) is 2.98. The fourth-order valence-electron chi connectivity index (χ4n) is 4.32. The van der Waals surface area contributed by atoms with Crippen LogP contribution < -0.4 is 4.90 Å². The molecule has 0 spiro atoms. The Hall–Kier alpha value is -5.38. The molecular weight excluding hydrogens is 450 g/mol. The summed E-state index contributed by atoms with van der Waals surface area (Å²) in [7, 11) is 0. The van der Waals surface area contributed by atoms with Crippen molar-refractivity contribution in [3.8, 4) is 23.3 Å². The van der Waals surface area contributed by atoms with Crippen LogP contribution in [0.5, 0.6) is 0 Å². The van der Waals surface area contributed by atoms with Gasteiger partial charge in [-0.1, -0.05) is 91.0 Å². The first kappa shape index (κ1) is 23.4. The van der Waals surface area contributed by atoms with Gasteiger partial charge >= 0.3 is 0 Å². The predicted molar refractivity (Wildman–Crippen MR) is 151 cm³/mol. The van der Waals surface area contributed by atoms with E-state index in [9.17, 15) is 10.5 Å². The second-order valence-electron chi connectivity index (χ2n) is 8.51. The van der Waals surface area contributed by atoms with Crippen LogP contribution >= 0.6 is 0 Å². The molecule has 174 valence electrons. The molecule has 0 saturated heterocycles. The molecule has 0 heterocycles. The maximum absolute atomic E-state index is 9.79. The standard InChI is InChI=1S/C34H23N3/c35-24-29-23-34(27-10-4-1-5-11-27)30(25-36)22-28(29)19-16-26-17-20-33(21-18-26)37(31-12-6-2-7-13-31)32-14-8-3-9-15-32/h1-23H/b19-16+. The van der Waals surface area contributed by atoms with Crippen molar-refractivity contribution in [1.82, 2.24) is 0 Å². The van der Waals surface area contributed by atoms with Crippen LogP contribution in [0.2, 0.25) is 0 Å². The first-order valence-corrected chi connectivity index (χ1v) is 12.0. The molecule has 0 aromatic heterocycles. The molecule has 5 rings (SSSR count). The molecule has 0 saturated carbocycles. The SMILES string of the molecule is N#Cc1cc(-c2ccccc2)c(C#N)cc1/C=C/c1ccc(N(c2ccccc2)c2ccccc2)cc1. The molecule has 37 heavy (non-hydrogen) atoms. The Morgan fingerprint density at radius 2 is 1.03 bits per heavy atom. The molecule has 0 bridgehead atoms. The van der Waals surface area contributed by atoms with Crippen LogP contribution in [0.15, 0.2) is 127 Å². The zero-order valence-electron chi connectivity index (χ0n) is 20.1. The fourth-order valence-corrected chi connectivity index (χ4v) is 4.32. The molecule has 0 aliphatic heterocycles. The van der Waals surface area contributed by atoms with Crippen LogP contribution in [-0.4, -0.2) is 0 Å². The highest BCUT2D eigenvalue weighted by Crippen LogP contribution is 2.34. The van der Waals surface area contributed by atoms with Gasteiger partial charge in [-0.2, -0.15) is 10.5 Å². The summed E-state index contributed by atoms with van der Waals surface area (Å²) in [5.41, 5.74) is 7.69. The summed E-state index contributed by atoms with van der Waals surface area (Å²) in [6.45, 7) is 0. The van der Waals surface area contributed by atoms with Gasteiger partial charge in [0.25, 0.3) is 0 Å². The lowest BCUT2D eigenvalue weighted by atomic mass is 9.94. The summed E-state index contributed by atoms with van der Waals surface area (Å²) < 4.78 is 0. The van der Waals surface area contributed by atoms with Crippen LogP contribution in [0, 0.1) is 22.7 Å². The van der Waals surface area contributed by atoms with Crippen LogP contribution in [0.25, 0.3) is 23.3 Å². The third kappa shape index (κ3) is 5.17. The average molecular weight is 474 g/mol. The maximum atomic E-state index is 9.79. The molecular formula is C34H23N3. The van der Waals surface area contributed by atoms with Crippen molar-refractivity contribution in [1.29, 1.82) is 10.5 Å². The fraction of sp³-hybridized carbons (Fsp3) is 0. The molecule has 0 aliphatic rings. The summed E-state index contributed by atoms with van der Waals surface area (Å²) in [6.07, 6.45) is 3.87. The molecule has 5 aromatic rings. The summed E-state index contributed by atoms with van der Waals surface area (Å²) in [4.78, 5) is 2.21. The van der Waals surface area contributed by atoms with E-state index in [4.69, 9.17) is 0 Å². The van der Waals surface area contributed by atoms with Crippen LogP contribution in [0.3, 0.4) is 0 Å². The number of rotatable bonds is 6. The van der Waals surface area contributed by atoms with Gasteiger partial charge in [0.05, 0.1) is 23.3 Å². The number of hydrogen-bond donors (Lipinski definition) is 0. The Morgan fingerprint density at radius 1 is 0.514 bits per heavy atom. The predicted octanol–water partition coefficient (Wildman–Crippen LogP) is 8.74. The Morgan fingerprint density at radius 3 is 1.57 bits per heavy atom. The van der Waals surface area contributed by atoms with E-state index in [0.717, 1.165) is 39.3 Å². The smallest absolute Gasteiger partial charge is 0.0998 e. The van der Waals surface area contributed by atoms with E-state index >= 15 is 0 Å². The molecule has 0 aliphatic carbocycles. The lowest BCUT2D eigenvalue weighted by molar-refractivity contribution is 1.28. The third-order valence-electron chi connectivity index (χ3n) is 6.15. The van der Waals surface area contributed by atoms with Gasteiger partial charge in [-0.05, 0) is 65.2 Å². The van der Waals surface area contributed by atoms with Crippen molar-refractivity contribution >= 4 is 29.2 Å². The number of anilines is 3. The van der Waals surface area contributed by atoms with Gasteiger partial charge in [0.15, 0.2) is 0 Å². The van der Waals surface area contributed by atoms with Gasteiger partial charge in [0, 0.05) is 22.6 Å². The molecule has 0 amide bonds. The zero-order chi connectivity index (χ0) is 25.5. The second-order valence-corrected chi connectivity index (χ2v) is 8.51. The number of hydrogen-bond acceptors (Lipinski definition) is 3. The number of nitrogens with zero attached hydrogens (tertiary/aromatic N) is 3. The molecule has 3 heteroatoms. The molecule has 0 unspecified atom stereocenters. The molecule has 5 aromatic carbocycles. The molecule has 3 nitrogen and oxygen atoms in total. The summed E-state index contributed by atoms with van der Waals surface area (Å²) in [5, 5.41) is 19.6. The molecule has 0 fully saturated rings. The highest BCUT2D eigenvalue weighted by Gasteiger charge is 2.12. The van der Waals surface area contributed by atoms with Gasteiger partial charge in [-0.15, -0.1) is 0 Å². The van der Waals surface area contributed by atoms with Crippen LogP contribution in [0.1, 0.15) is 22.3 Å². The Balaban J connectivity index is 1.46. The van der Waals surface area contributed by atoms with Crippen molar-refractivity contribution in [3.05, 3.63) is 150 Å². The zero-order valence-corrected chi connectivity index (χ0v) is 20.1. The van der Waals surface area contributed by atoms with Crippen molar-refractivity contribution in [2.45, 2.75) is 0 Å². The summed E-state index contributed by atoms with van der Waals surface area (Å²) in [5.74, 6) is 0. The quantitative estimate of drug-likeness (QED) is 0.232. The highest BCUT2D eigenvalue weighted by atomic mass is 15.1. The Labute approximate surface area is 217 Å². The van der Waals surface area contributed by atoms with Gasteiger partial charge in [0.2, 0.25) is 0 Å². The van der Waals surface area contributed by atoms with Gasteiger partial charge < -0.3 is 4.90 Å². The highest BCUT2D eigenvalue weighted by molar-refractivity contribution is 5.81. The van der Waals surface area contributed by atoms with Crippen molar-refractivity contribution in [2.24, 2.45) is 0 Å². The minimum absolute atomic E-state index is 0.532. The van der Waals surface area contributed by atoms with Crippen molar-refractivity contribution in [2.75, 3.05) is 4.90 Å². The summed E-state index contributed by atoms with van der Waals surface area (Å²) >= 11 is 0. The topological polar surface area (TPSA) is 50.8 Å². The minimum Gasteiger partial charge on any atom is -0.311 e.